The highest BCUT2D eigenvalue weighted by Gasteiger charge is 2.51. The molecule has 8 heteroatoms. The summed E-state index contributed by atoms with van der Waals surface area (Å²) >= 11 is 0. The van der Waals surface area contributed by atoms with Crippen LogP contribution in [-0.2, 0) is 17.8 Å². The van der Waals surface area contributed by atoms with Crippen molar-refractivity contribution in [2.75, 3.05) is 27.3 Å². The first-order valence-corrected chi connectivity index (χ1v) is 10.1. The molecule has 6 nitrogen and oxygen atoms in total. The van der Waals surface area contributed by atoms with Crippen molar-refractivity contribution in [2.45, 2.75) is 31.4 Å². The topological polar surface area (TPSA) is 59.1 Å². The van der Waals surface area contributed by atoms with Gasteiger partial charge in [0.2, 0.25) is 5.91 Å². The fraction of sp³-hybridized carbons (Fsp3) is 0.391. The lowest BCUT2D eigenvalue weighted by Crippen LogP contribution is -2.49. The zero-order chi connectivity index (χ0) is 22.2. The molecule has 2 aromatic carbocycles. The molecule has 2 heterocycles. The minimum atomic E-state index is -3.13. The van der Waals surface area contributed by atoms with Gasteiger partial charge >= 0.3 is 0 Å². The van der Waals surface area contributed by atoms with Gasteiger partial charge < -0.3 is 19.3 Å². The molecule has 0 radical (unpaired) electrons. The van der Waals surface area contributed by atoms with E-state index in [-0.39, 0.29) is 5.56 Å². The van der Waals surface area contributed by atoms with Crippen LogP contribution in [-0.4, -0.2) is 60.9 Å². The average Bonchev–Trinajstić information content (AvgIpc) is 3.12. The van der Waals surface area contributed by atoms with Crippen LogP contribution < -0.4 is 9.47 Å². The molecule has 0 N–H and O–H groups in total. The fourth-order valence-electron chi connectivity index (χ4n) is 4.24. The molecule has 4 rings (SSSR count). The second kappa shape index (κ2) is 8.17. The second-order valence-electron chi connectivity index (χ2n) is 7.89. The third kappa shape index (κ3) is 4.19. The van der Waals surface area contributed by atoms with E-state index in [9.17, 15) is 18.4 Å². The van der Waals surface area contributed by atoms with Crippen molar-refractivity contribution < 1.29 is 27.8 Å². The van der Waals surface area contributed by atoms with Gasteiger partial charge in [-0.2, -0.15) is 0 Å². The Hall–Kier alpha value is -3.16. The molecule has 2 aliphatic heterocycles. The van der Waals surface area contributed by atoms with Gasteiger partial charge in [-0.25, -0.2) is 8.78 Å². The Bertz CT molecular complexity index is 989. The lowest BCUT2D eigenvalue weighted by Gasteiger charge is -2.33. The fourth-order valence-corrected chi connectivity index (χ4v) is 4.24. The summed E-state index contributed by atoms with van der Waals surface area (Å²) in [5.41, 5.74) is 2.29. The molecule has 1 fully saturated rings. The maximum Gasteiger partial charge on any atom is 0.267 e. The van der Waals surface area contributed by atoms with Crippen molar-refractivity contribution in [1.82, 2.24) is 9.80 Å². The predicted molar refractivity (Wildman–Crippen MR) is 109 cm³/mol. The van der Waals surface area contributed by atoms with Crippen LogP contribution in [0.15, 0.2) is 42.5 Å². The Kier molecular flexibility index (Phi) is 5.56. The first kappa shape index (κ1) is 21.1. The van der Waals surface area contributed by atoms with E-state index in [2.05, 4.69) is 0 Å². The van der Waals surface area contributed by atoms with E-state index >= 15 is 0 Å². The number of carbonyl (C=O) groups excluding carboxylic acids is 2. The minimum Gasteiger partial charge on any atom is -0.497 e. The molecule has 2 amide bonds. The van der Waals surface area contributed by atoms with Crippen LogP contribution in [0.2, 0.25) is 0 Å². The first-order valence-electron chi connectivity index (χ1n) is 10.1. The molecule has 164 valence electrons. The Morgan fingerprint density at radius 1 is 1.03 bits per heavy atom. The van der Waals surface area contributed by atoms with Crippen LogP contribution >= 0.6 is 0 Å². The maximum absolute atomic E-state index is 14.4. The number of hydrogen-bond donors (Lipinski definition) is 0. The molecule has 2 aromatic rings. The van der Waals surface area contributed by atoms with Crippen molar-refractivity contribution in [3.63, 3.8) is 0 Å². The lowest BCUT2D eigenvalue weighted by atomic mass is 9.99. The van der Waals surface area contributed by atoms with Crippen molar-refractivity contribution in [1.29, 1.82) is 0 Å². The second-order valence-corrected chi connectivity index (χ2v) is 7.89. The summed E-state index contributed by atoms with van der Waals surface area (Å²) in [5, 5.41) is 0. The molecular weight excluding hydrogens is 406 g/mol. The molecular formula is C23H24F2N2O4. The number of hydrogen-bond acceptors (Lipinski definition) is 4. The molecule has 1 atom stereocenters. The molecule has 1 saturated heterocycles. The highest BCUT2D eigenvalue weighted by atomic mass is 19.3. The van der Waals surface area contributed by atoms with Gasteiger partial charge in [-0.3, -0.25) is 9.59 Å². The number of alkyl halides is 2. The number of fused-ring (bicyclic) bond motifs is 1. The Labute approximate surface area is 179 Å². The van der Waals surface area contributed by atoms with E-state index in [4.69, 9.17) is 9.47 Å². The van der Waals surface area contributed by atoms with Gasteiger partial charge in [0, 0.05) is 31.1 Å². The van der Waals surface area contributed by atoms with E-state index in [0.717, 1.165) is 16.0 Å². The van der Waals surface area contributed by atoms with Crippen molar-refractivity contribution in [3.8, 4) is 11.5 Å². The number of rotatable bonds is 4. The van der Waals surface area contributed by atoms with Gasteiger partial charge in [-0.05, 0) is 29.7 Å². The molecule has 0 bridgehead atoms. The summed E-state index contributed by atoms with van der Waals surface area (Å²) < 4.78 is 39.1. The number of halogens is 2. The predicted octanol–water partition coefficient (Wildman–Crippen LogP) is 3.14. The van der Waals surface area contributed by atoms with Gasteiger partial charge in [-0.15, -0.1) is 0 Å². The zero-order valence-corrected chi connectivity index (χ0v) is 17.4. The van der Waals surface area contributed by atoms with Gasteiger partial charge in [0.1, 0.15) is 17.5 Å². The van der Waals surface area contributed by atoms with E-state index in [1.807, 2.05) is 24.3 Å². The van der Waals surface area contributed by atoms with Gasteiger partial charge in [0.05, 0.1) is 20.8 Å². The third-order valence-corrected chi connectivity index (χ3v) is 5.86. The highest BCUT2D eigenvalue weighted by Crippen LogP contribution is 2.35. The number of ether oxygens (including phenoxy) is 2. The number of benzene rings is 2. The SMILES string of the molecule is COc1cc(OC)cc(C(=O)N2CC(F)(F)C[C@H]2C(=O)N2CCc3ccccc3C2)c1. The normalized spacial score (nSPS) is 19.7. The Balaban J connectivity index is 1.60. The zero-order valence-electron chi connectivity index (χ0n) is 17.4. The molecule has 0 unspecified atom stereocenters. The average molecular weight is 430 g/mol. The monoisotopic (exact) mass is 430 g/mol. The molecule has 0 spiro atoms. The third-order valence-electron chi connectivity index (χ3n) is 5.86. The standard InChI is InChI=1S/C23H24F2N2O4/c1-30-18-9-17(10-19(11-18)31-2)21(28)27-14-23(24,25)12-20(27)22(29)26-8-7-15-5-3-4-6-16(15)13-26/h3-6,9-11,20H,7-8,12-14H2,1-2H3/t20-/m0/s1. The summed E-state index contributed by atoms with van der Waals surface area (Å²) in [6.45, 7) is -0.00872. The number of likely N-dealkylation sites (tertiary alicyclic amines) is 1. The van der Waals surface area contributed by atoms with Crippen molar-refractivity contribution >= 4 is 11.8 Å². The van der Waals surface area contributed by atoms with Crippen LogP contribution in [0.4, 0.5) is 8.78 Å². The maximum atomic E-state index is 14.4. The van der Waals surface area contributed by atoms with E-state index in [1.54, 1.807) is 11.0 Å². The molecule has 2 aliphatic rings. The minimum absolute atomic E-state index is 0.135. The van der Waals surface area contributed by atoms with Crippen LogP contribution in [0, 0.1) is 0 Å². The number of nitrogens with zero attached hydrogens (tertiary/aromatic N) is 2. The Morgan fingerprint density at radius 3 is 2.32 bits per heavy atom. The molecule has 0 saturated carbocycles. The van der Waals surface area contributed by atoms with Gasteiger partial charge in [-0.1, -0.05) is 24.3 Å². The van der Waals surface area contributed by atoms with Crippen molar-refractivity contribution in [2.24, 2.45) is 0 Å². The van der Waals surface area contributed by atoms with Crippen LogP contribution in [0.1, 0.15) is 27.9 Å². The number of amides is 2. The molecule has 0 aromatic heterocycles. The van der Waals surface area contributed by atoms with E-state index < -0.39 is 36.7 Å². The van der Waals surface area contributed by atoms with E-state index in [0.29, 0.717) is 31.0 Å². The van der Waals surface area contributed by atoms with Crippen LogP contribution in [0.3, 0.4) is 0 Å². The molecule has 31 heavy (non-hydrogen) atoms. The largest absolute Gasteiger partial charge is 0.497 e. The lowest BCUT2D eigenvalue weighted by molar-refractivity contribution is -0.136. The summed E-state index contributed by atoms with van der Waals surface area (Å²) in [6.07, 6.45) is -0.0249. The van der Waals surface area contributed by atoms with Crippen molar-refractivity contribution in [3.05, 3.63) is 59.2 Å². The molecule has 0 aliphatic carbocycles. The van der Waals surface area contributed by atoms with Gasteiger partial charge in [0.25, 0.3) is 11.8 Å². The smallest absolute Gasteiger partial charge is 0.267 e. The van der Waals surface area contributed by atoms with Crippen LogP contribution in [0.25, 0.3) is 0 Å². The van der Waals surface area contributed by atoms with E-state index in [1.165, 1.54) is 26.4 Å². The summed E-state index contributed by atoms with van der Waals surface area (Å²) in [6, 6.07) is 11.1. The van der Waals surface area contributed by atoms with Gasteiger partial charge in [0.15, 0.2) is 0 Å². The number of carbonyl (C=O) groups is 2. The highest BCUT2D eigenvalue weighted by molar-refractivity contribution is 5.98. The summed E-state index contributed by atoms with van der Waals surface area (Å²) in [4.78, 5) is 29.0. The summed E-state index contributed by atoms with van der Waals surface area (Å²) in [5.74, 6) is -3.50. The van der Waals surface area contributed by atoms with Crippen LogP contribution in [0.5, 0.6) is 11.5 Å². The Morgan fingerprint density at radius 2 is 1.68 bits per heavy atom. The number of methoxy groups -OCH3 is 2. The summed E-state index contributed by atoms with van der Waals surface area (Å²) in [7, 11) is 2.88. The quantitative estimate of drug-likeness (QED) is 0.748. The first-order chi connectivity index (χ1) is 14.8.